The number of hydrogen-bond donors (Lipinski definition) is 0. The van der Waals surface area contributed by atoms with Gasteiger partial charge in [-0.05, 0) is 51.4 Å². The second-order valence-electron chi connectivity index (χ2n) is 6.04. The van der Waals surface area contributed by atoms with E-state index in [4.69, 9.17) is 4.74 Å². The maximum atomic E-state index is 12.6. The first-order valence-electron chi connectivity index (χ1n) is 8.42. The van der Waals surface area contributed by atoms with Gasteiger partial charge in [-0.15, -0.1) is 0 Å². The smallest absolute Gasteiger partial charge is 0.226 e. The summed E-state index contributed by atoms with van der Waals surface area (Å²) in [7, 11) is 1.70. The average molecular weight is 383 g/mol. The topological polar surface area (TPSA) is 32.8 Å². The zero-order valence-electron chi connectivity index (χ0n) is 14.3. The van der Waals surface area contributed by atoms with Crippen molar-refractivity contribution in [3.8, 4) is 5.75 Å². The summed E-state index contributed by atoms with van der Waals surface area (Å²) in [4.78, 5) is 16.9. The molecule has 1 aromatic carbocycles. The van der Waals surface area contributed by atoms with Crippen LogP contribution in [-0.4, -0.2) is 49.0 Å². The minimum atomic E-state index is 0.127. The molecule has 0 bridgehead atoms. The molecule has 1 aromatic rings. The van der Waals surface area contributed by atoms with E-state index in [-0.39, 0.29) is 5.92 Å². The standard InChI is InChI=1S/C18H27BrN2O2/c1-4-21(5-2)18(22)14-7-6-10-20(12-14)13-15-11-16(19)8-9-17(15)23-3/h8-9,11,14H,4-7,10,12-13H2,1-3H3/t14-/m1/s1. The van der Waals surface area contributed by atoms with Gasteiger partial charge in [0.05, 0.1) is 13.0 Å². The highest BCUT2D eigenvalue weighted by Gasteiger charge is 2.28. The van der Waals surface area contributed by atoms with Gasteiger partial charge in [-0.25, -0.2) is 0 Å². The van der Waals surface area contributed by atoms with Crippen LogP contribution >= 0.6 is 15.9 Å². The van der Waals surface area contributed by atoms with Crippen molar-refractivity contribution in [2.75, 3.05) is 33.3 Å². The third-order valence-corrected chi connectivity index (χ3v) is 5.06. The number of likely N-dealkylation sites (tertiary alicyclic amines) is 1. The van der Waals surface area contributed by atoms with Crippen LogP contribution in [-0.2, 0) is 11.3 Å². The summed E-state index contributed by atoms with van der Waals surface area (Å²) in [5, 5.41) is 0. The van der Waals surface area contributed by atoms with Crippen LogP contribution in [0, 0.1) is 5.92 Å². The van der Waals surface area contributed by atoms with Crippen molar-refractivity contribution < 1.29 is 9.53 Å². The number of nitrogens with zero attached hydrogens (tertiary/aromatic N) is 2. The number of amides is 1. The third-order valence-electron chi connectivity index (χ3n) is 4.57. The summed E-state index contributed by atoms with van der Waals surface area (Å²) < 4.78 is 6.52. The molecule has 1 aliphatic heterocycles. The van der Waals surface area contributed by atoms with E-state index in [2.05, 4.69) is 26.9 Å². The van der Waals surface area contributed by atoms with E-state index in [0.717, 1.165) is 61.4 Å². The monoisotopic (exact) mass is 382 g/mol. The molecule has 1 heterocycles. The largest absolute Gasteiger partial charge is 0.496 e. The van der Waals surface area contributed by atoms with Gasteiger partial charge in [-0.1, -0.05) is 15.9 Å². The van der Waals surface area contributed by atoms with Gasteiger partial charge in [0.1, 0.15) is 5.75 Å². The van der Waals surface area contributed by atoms with E-state index in [0.29, 0.717) is 5.91 Å². The van der Waals surface area contributed by atoms with Crippen LogP contribution < -0.4 is 4.74 Å². The Bertz CT molecular complexity index is 532. The zero-order chi connectivity index (χ0) is 16.8. The molecule has 1 saturated heterocycles. The molecule has 1 aliphatic rings. The van der Waals surface area contributed by atoms with Gasteiger partial charge in [0.25, 0.3) is 0 Å². The Balaban J connectivity index is 2.04. The molecule has 23 heavy (non-hydrogen) atoms. The van der Waals surface area contributed by atoms with Crippen LogP contribution in [0.2, 0.25) is 0 Å². The van der Waals surface area contributed by atoms with Crippen molar-refractivity contribution >= 4 is 21.8 Å². The van der Waals surface area contributed by atoms with E-state index in [1.54, 1.807) is 7.11 Å². The van der Waals surface area contributed by atoms with E-state index in [1.165, 1.54) is 0 Å². The van der Waals surface area contributed by atoms with Gasteiger partial charge in [0, 0.05) is 36.2 Å². The van der Waals surface area contributed by atoms with Crippen LogP contribution in [0.3, 0.4) is 0 Å². The summed E-state index contributed by atoms with van der Waals surface area (Å²) in [5.41, 5.74) is 1.16. The van der Waals surface area contributed by atoms with Crippen LogP contribution in [0.1, 0.15) is 32.3 Å². The zero-order valence-corrected chi connectivity index (χ0v) is 15.9. The summed E-state index contributed by atoms with van der Waals surface area (Å²) in [6, 6.07) is 6.09. The second-order valence-corrected chi connectivity index (χ2v) is 6.96. The quantitative estimate of drug-likeness (QED) is 0.754. The van der Waals surface area contributed by atoms with Crippen molar-refractivity contribution in [2.45, 2.75) is 33.2 Å². The van der Waals surface area contributed by atoms with E-state index >= 15 is 0 Å². The van der Waals surface area contributed by atoms with E-state index in [1.807, 2.05) is 30.9 Å². The van der Waals surface area contributed by atoms with E-state index in [9.17, 15) is 4.79 Å². The molecule has 1 fully saturated rings. The van der Waals surface area contributed by atoms with E-state index < -0.39 is 0 Å². The lowest BCUT2D eigenvalue weighted by molar-refractivity contribution is -0.137. The fourth-order valence-corrected chi connectivity index (χ4v) is 3.71. The number of piperidine rings is 1. The summed E-state index contributed by atoms with van der Waals surface area (Å²) in [6.45, 7) is 8.40. The Morgan fingerprint density at radius 3 is 2.78 bits per heavy atom. The number of rotatable bonds is 6. The molecule has 0 aliphatic carbocycles. The van der Waals surface area contributed by atoms with Crippen molar-refractivity contribution in [3.63, 3.8) is 0 Å². The Morgan fingerprint density at radius 1 is 1.39 bits per heavy atom. The number of carbonyl (C=O) groups is 1. The molecule has 0 N–H and O–H groups in total. The van der Waals surface area contributed by atoms with Crippen LogP contribution in [0.25, 0.3) is 0 Å². The molecule has 2 rings (SSSR count). The lowest BCUT2D eigenvalue weighted by Crippen LogP contribution is -2.44. The predicted octanol–water partition coefficient (Wildman–Crippen LogP) is 3.54. The molecule has 0 radical (unpaired) electrons. The first-order valence-corrected chi connectivity index (χ1v) is 9.21. The normalized spacial score (nSPS) is 18.7. The minimum absolute atomic E-state index is 0.127. The van der Waals surface area contributed by atoms with Gasteiger partial charge < -0.3 is 9.64 Å². The highest BCUT2D eigenvalue weighted by Crippen LogP contribution is 2.27. The maximum Gasteiger partial charge on any atom is 0.226 e. The number of ether oxygens (including phenoxy) is 1. The molecular weight excluding hydrogens is 356 g/mol. The summed E-state index contributed by atoms with van der Waals surface area (Å²) >= 11 is 3.53. The van der Waals surface area contributed by atoms with Gasteiger partial charge >= 0.3 is 0 Å². The number of methoxy groups -OCH3 is 1. The second kappa shape index (κ2) is 8.69. The Hall–Kier alpha value is -1.07. The Kier molecular flexibility index (Phi) is 6.90. The first kappa shape index (κ1) is 18.3. The van der Waals surface area contributed by atoms with Gasteiger partial charge in [0.15, 0.2) is 0 Å². The molecule has 0 saturated carbocycles. The number of halogens is 1. The first-order chi connectivity index (χ1) is 11.1. The van der Waals surface area contributed by atoms with Crippen molar-refractivity contribution in [1.82, 2.24) is 9.80 Å². The lowest BCUT2D eigenvalue weighted by atomic mass is 9.96. The highest BCUT2D eigenvalue weighted by atomic mass is 79.9. The van der Waals surface area contributed by atoms with Crippen molar-refractivity contribution in [2.24, 2.45) is 5.92 Å². The van der Waals surface area contributed by atoms with Gasteiger partial charge in [0.2, 0.25) is 5.91 Å². The van der Waals surface area contributed by atoms with Crippen molar-refractivity contribution in [1.29, 1.82) is 0 Å². The van der Waals surface area contributed by atoms with Crippen molar-refractivity contribution in [3.05, 3.63) is 28.2 Å². The number of hydrogen-bond acceptors (Lipinski definition) is 3. The maximum absolute atomic E-state index is 12.6. The molecule has 0 unspecified atom stereocenters. The van der Waals surface area contributed by atoms with Crippen LogP contribution in [0.4, 0.5) is 0 Å². The third kappa shape index (κ3) is 4.70. The molecule has 4 nitrogen and oxygen atoms in total. The lowest BCUT2D eigenvalue weighted by Gasteiger charge is -2.34. The molecule has 128 valence electrons. The molecule has 1 atom stereocenters. The predicted molar refractivity (Wildman–Crippen MR) is 96.6 cm³/mol. The average Bonchev–Trinajstić information content (AvgIpc) is 2.56. The van der Waals surface area contributed by atoms with Crippen LogP contribution in [0.5, 0.6) is 5.75 Å². The molecule has 0 aromatic heterocycles. The minimum Gasteiger partial charge on any atom is -0.496 e. The molecular formula is C18H27BrN2O2. The van der Waals surface area contributed by atoms with Crippen LogP contribution in [0.15, 0.2) is 22.7 Å². The summed E-state index contributed by atoms with van der Waals surface area (Å²) in [5.74, 6) is 1.34. The molecule has 0 spiro atoms. The molecule has 5 heteroatoms. The fourth-order valence-electron chi connectivity index (χ4n) is 3.31. The Labute approximate surface area is 147 Å². The number of carbonyl (C=O) groups excluding carboxylic acids is 1. The van der Waals surface area contributed by atoms with Gasteiger partial charge in [-0.2, -0.15) is 0 Å². The Morgan fingerprint density at radius 2 is 2.13 bits per heavy atom. The fraction of sp³-hybridized carbons (Fsp3) is 0.611. The molecule has 1 amide bonds. The highest BCUT2D eigenvalue weighted by molar-refractivity contribution is 9.10. The number of benzene rings is 1. The summed E-state index contributed by atoms with van der Waals surface area (Å²) in [6.07, 6.45) is 2.08. The SMILES string of the molecule is CCN(CC)C(=O)[C@@H]1CCCN(Cc2cc(Br)ccc2OC)C1. The van der Waals surface area contributed by atoms with Gasteiger partial charge in [-0.3, -0.25) is 9.69 Å².